The summed E-state index contributed by atoms with van der Waals surface area (Å²) in [5.74, 6) is 0.660. The number of benzene rings is 3. The molecule has 1 N–H and O–H groups in total. The van der Waals surface area contributed by atoms with Gasteiger partial charge in [0.1, 0.15) is 18.1 Å². The predicted molar refractivity (Wildman–Crippen MR) is 181 cm³/mol. The molecule has 3 aromatic carbocycles. The van der Waals surface area contributed by atoms with Crippen LogP contribution in [0.15, 0.2) is 72.3 Å². The second-order valence-electron chi connectivity index (χ2n) is 12.1. The number of hydrogen-bond acceptors (Lipinski definition) is 7. The van der Waals surface area contributed by atoms with Crippen molar-refractivity contribution < 1.29 is 28.9 Å². The molecule has 1 heterocycles. The van der Waals surface area contributed by atoms with Gasteiger partial charge >= 0.3 is 0 Å². The fraction of sp³-hybridized carbons (Fsp3) is 0.421. The van der Waals surface area contributed by atoms with E-state index < -0.39 is 17.7 Å². The number of aliphatic hydroxyl groups excluding tert-OH is 1. The maximum Gasteiger partial charge on any atom is 0.295 e. The van der Waals surface area contributed by atoms with E-state index >= 15 is 0 Å². The first-order valence-electron chi connectivity index (χ1n) is 16.3. The van der Waals surface area contributed by atoms with Crippen molar-refractivity contribution in [3.63, 3.8) is 0 Å². The minimum absolute atomic E-state index is 0.0525. The SMILES string of the molecule is CCN(CC)CCCN1C(=O)C(=O)/C(=C(\O)c2ccc(OCc3ccc(C)cc3)cc2)C1c1ccc(OCCC(C)C)c(OC)c1. The number of ether oxygens (including phenoxy) is 3. The molecule has 46 heavy (non-hydrogen) atoms. The fourth-order valence-electron chi connectivity index (χ4n) is 5.56. The first-order valence-corrected chi connectivity index (χ1v) is 16.3. The van der Waals surface area contributed by atoms with Gasteiger partial charge in [-0.1, -0.05) is 63.6 Å². The summed E-state index contributed by atoms with van der Waals surface area (Å²) in [5, 5.41) is 11.6. The molecule has 1 aliphatic heterocycles. The van der Waals surface area contributed by atoms with Crippen molar-refractivity contribution in [2.24, 2.45) is 5.92 Å². The lowest BCUT2D eigenvalue weighted by Crippen LogP contribution is -2.33. The van der Waals surface area contributed by atoms with Gasteiger partial charge in [-0.2, -0.15) is 0 Å². The summed E-state index contributed by atoms with van der Waals surface area (Å²) in [7, 11) is 1.57. The van der Waals surface area contributed by atoms with Crippen molar-refractivity contribution in [1.29, 1.82) is 0 Å². The van der Waals surface area contributed by atoms with Gasteiger partial charge in [0.25, 0.3) is 11.7 Å². The molecule has 8 nitrogen and oxygen atoms in total. The third kappa shape index (κ3) is 8.49. The number of likely N-dealkylation sites (tertiary alicyclic amines) is 1. The van der Waals surface area contributed by atoms with Crippen LogP contribution in [0.1, 0.15) is 68.8 Å². The van der Waals surface area contributed by atoms with Crippen molar-refractivity contribution in [2.75, 3.05) is 39.9 Å². The Morgan fingerprint density at radius 1 is 0.935 bits per heavy atom. The quantitative estimate of drug-likeness (QED) is 0.102. The monoisotopic (exact) mass is 628 g/mol. The van der Waals surface area contributed by atoms with Crippen LogP contribution >= 0.6 is 0 Å². The molecule has 1 aliphatic rings. The normalized spacial score (nSPS) is 16.0. The second-order valence-corrected chi connectivity index (χ2v) is 12.1. The minimum atomic E-state index is -0.784. The maximum absolute atomic E-state index is 13.6. The van der Waals surface area contributed by atoms with Crippen LogP contribution in [0.3, 0.4) is 0 Å². The van der Waals surface area contributed by atoms with Gasteiger partial charge in [0.05, 0.1) is 25.3 Å². The summed E-state index contributed by atoms with van der Waals surface area (Å²) in [6, 6.07) is 19.7. The van der Waals surface area contributed by atoms with Gasteiger partial charge in [0.2, 0.25) is 0 Å². The Kier molecular flexibility index (Phi) is 12.3. The molecule has 8 heteroatoms. The van der Waals surface area contributed by atoms with Crippen LogP contribution in [0.5, 0.6) is 17.2 Å². The second kappa shape index (κ2) is 16.3. The number of ketones is 1. The molecule has 1 amide bonds. The smallest absolute Gasteiger partial charge is 0.295 e. The Hall–Kier alpha value is -4.30. The van der Waals surface area contributed by atoms with Crippen LogP contribution < -0.4 is 14.2 Å². The number of rotatable bonds is 16. The Balaban J connectivity index is 1.65. The van der Waals surface area contributed by atoms with Crippen molar-refractivity contribution in [3.8, 4) is 17.2 Å². The topological polar surface area (TPSA) is 88.5 Å². The van der Waals surface area contributed by atoms with Crippen LogP contribution in [0.4, 0.5) is 0 Å². The molecule has 246 valence electrons. The molecule has 1 atom stereocenters. The van der Waals surface area contributed by atoms with E-state index in [0.29, 0.717) is 60.5 Å². The van der Waals surface area contributed by atoms with E-state index in [-0.39, 0.29) is 11.3 Å². The molecule has 0 bridgehead atoms. The molecule has 3 aromatic rings. The van der Waals surface area contributed by atoms with Crippen LogP contribution in [-0.2, 0) is 16.2 Å². The van der Waals surface area contributed by atoms with Gasteiger partial charge in [0, 0.05) is 12.1 Å². The van der Waals surface area contributed by atoms with Gasteiger partial charge in [-0.3, -0.25) is 9.59 Å². The van der Waals surface area contributed by atoms with Crippen molar-refractivity contribution in [3.05, 3.63) is 94.6 Å². The number of carbonyl (C=O) groups excluding carboxylic acids is 2. The number of aliphatic hydroxyl groups is 1. The zero-order valence-corrected chi connectivity index (χ0v) is 28.0. The average molecular weight is 629 g/mol. The van der Waals surface area contributed by atoms with Gasteiger partial charge in [-0.25, -0.2) is 0 Å². The Bertz CT molecular complexity index is 1490. The van der Waals surface area contributed by atoms with E-state index in [1.165, 1.54) is 5.56 Å². The summed E-state index contributed by atoms with van der Waals surface area (Å²) >= 11 is 0. The van der Waals surface area contributed by atoms with Gasteiger partial charge in [0.15, 0.2) is 11.5 Å². The minimum Gasteiger partial charge on any atom is -0.507 e. The first-order chi connectivity index (χ1) is 22.2. The van der Waals surface area contributed by atoms with E-state index in [1.807, 2.05) is 43.3 Å². The summed E-state index contributed by atoms with van der Waals surface area (Å²) in [5.41, 5.74) is 3.37. The van der Waals surface area contributed by atoms with Crippen LogP contribution in [0.2, 0.25) is 0 Å². The third-order valence-electron chi connectivity index (χ3n) is 8.42. The molecule has 0 spiro atoms. The summed E-state index contributed by atoms with van der Waals surface area (Å²) in [6.45, 7) is 14.4. The van der Waals surface area contributed by atoms with Gasteiger partial charge in [-0.15, -0.1) is 0 Å². The van der Waals surface area contributed by atoms with Crippen molar-refractivity contribution in [1.82, 2.24) is 9.80 Å². The van der Waals surface area contributed by atoms with Crippen LogP contribution in [0, 0.1) is 12.8 Å². The molecule has 4 rings (SSSR count). The number of carbonyl (C=O) groups is 2. The van der Waals surface area contributed by atoms with Crippen molar-refractivity contribution >= 4 is 17.4 Å². The first kappa shape index (κ1) is 34.6. The molecule has 1 unspecified atom stereocenters. The zero-order chi connectivity index (χ0) is 33.2. The zero-order valence-electron chi connectivity index (χ0n) is 28.0. The lowest BCUT2D eigenvalue weighted by atomic mass is 9.95. The molecule has 0 aromatic heterocycles. The Labute approximate surface area is 273 Å². The van der Waals surface area contributed by atoms with E-state index in [2.05, 4.69) is 32.6 Å². The standard InChI is InChI=1S/C38H48N2O6/c1-7-39(8-2)21-9-22-40-35(30-16-19-32(33(24-30)44-6)45-23-20-26(3)4)34(37(42)38(40)43)36(41)29-14-17-31(18-15-29)46-25-28-12-10-27(5)11-13-28/h10-19,24,26,35,41H,7-9,20-23,25H2,1-6H3/b36-34-. The largest absolute Gasteiger partial charge is 0.507 e. The average Bonchev–Trinajstić information content (AvgIpc) is 3.31. The Morgan fingerprint density at radius 3 is 2.26 bits per heavy atom. The number of nitrogens with zero attached hydrogens (tertiary/aromatic N) is 2. The van der Waals surface area contributed by atoms with E-state index in [9.17, 15) is 14.7 Å². The molecular weight excluding hydrogens is 580 g/mol. The number of amides is 1. The van der Waals surface area contributed by atoms with Crippen LogP contribution in [0.25, 0.3) is 5.76 Å². The predicted octanol–water partition coefficient (Wildman–Crippen LogP) is 7.16. The maximum atomic E-state index is 13.6. The molecule has 1 saturated heterocycles. The fourth-order valence-corrected chi connectivity index (χ4v) is 5.56. The van der Waals surface area contributed by atoms with E-state index in [4.69, 9.17) is 14.2 Å². The number of aryl methyl sites for hydroxylation is 1. The van der Waals surface area contributed by atoms with Gasteiger partial charge < -0.3 is 29.1 Å². The molecule has 0 radical (unpaired) electrons. The summed E-state index contributed by atoms with van der Waals surface area (Å²) < 4.78 is 17.6. The molecule has 1 fully saturated rings. The van der Waals surface area contributed by atoms with Crippen LogP contribution in [-0.4, -0.2) is 66.5 Å². The number of Topliss-reactive ketones (excluding diaryl/α,β-unsaturated/α-hetero) is 1. The van der Waals surface area contributed by atoms with Crippen molar-refractivity contribution in [2.45, 2.75) is 60.1 Å². The number of hydrogen-bond donors (Lipinski definition) is 1. The number of methoxy groups -OCH3 is 1. The highest BCUT2D eigenvalue weighted by Crippen LogP contribution is 2.42. The van der Waals surface area contributed by atoms with E-state index in [1.54, 1.807) is 42.3 Å². The molecular formula is C38H48N2O6. The highest BCUT2D eigenvalue weighted by atomic mass is 16.5. The lowest BCUT2D eigenvalue weighted by molar-refractivity contribution is -0.140. The van der Waals surface area contributed by atoms with E-state index in [0.717, 1.165) is 31.6 Å². The molecule has 0 aliphatic carbocycles. The summed E-state index contributed by atoms with van der Waals surface area (Å²) in [6.07, 6.45) is 1.58. The third-order valence-corrected chi connectivity index (χ3v) is 8.42. The molecule has 0 saturated carbocycles. The highest BCUT2D eigenvalue weighted by molar-refractivity contribution is 6.46. The summed E-state index contributed by atoms with van der Waals surface area (Å²) in [4.78, 5) is 31.0. The van der Waals surface area contributed by atoms with Gasteiger partial charge in [-0.05, 0) is 92.8 Å². The highest BCUT2D eigenvalue weighted by Gasteiger charge is 2.46. The Morgan fingerprint density at radius 2 is 1.63 bits per heavy atom. The lowest BCUT2D eigenvalue weighted by Gasteiger charge is -2.27.